The Morgan fingerprint density at radius 3 is 2.52 bits per heavy atom. The van der Waals surface area contributed by atoms with E-state index in [0.29, 0.717) is 0 Å². The number of nitrogens with zero attached hydrogens (tertiary/aromatic N) is 4. The summed E-state index contributed by atoms with van der Waals surface area (Å²) in [5, 5.41) is 16.5. The number of aromatic nitrogens is 4. The van der Waals surface area contributed by atoms with E-state index in [2.05, 4.69) is 70.2 Å². The second kappa shape index (κ2) is 6.67. The Morgan fingerprint density at radius 1 is 0.960 bits per heavy atom. The van der Waals surface area contributed by atoms with E-state index in [1.54, 1.807) is 0 Å². The Morgan fingerprint density at radius 2 is 1.76 bits per heavy atom. The summed E-state index contributed by atoms with van der Waals surface area (Å²) < 4.78 is 1.90. The van der Waals surface area contributed by atoms with Crippen LogP contribution in [0.4, 0.5) is 5.69 Å². The van der Waals surface area contributed by atoms with E-state index in [0.717, 1.165) is 30.0 Å². The van der Waals surface area contributed by atoms with Gasteiger partial charge in [0.25, 0.3) is 0 Å². The SMILES string of the molecule is Cc1cccc(-n2nnnc2C2(Nc3ccccc3)CCCCC2)c1. The van der Waals surface area contributed by atoms with Gasteiger partial charge in [-0.25, -0.2) is 0 Å². The third kappa shape index (κ3) is 3.14. The van der Waals surface area contributed by atoms with Gasteiger partial charge in [0.1, 0.15) is 0 Å². The molecule has 0 bridgehead atoms. The smallest absolute Gasteiger partial charge is 0.181 e. The molecule has 1 N–H and O–H groups in total. The lowest BCUT2D eigenvalue weighted by atomic mass is 9.80. The Kier molecular flexibility index (Phi) is 4.22. The van der Waals surface area contributed by atoms with Crippen LogP contribution in [0.25, 0.3) is 5.69 Å². The zero-order valence-corrected chi connectivity index (χ0v) is 14.5. The number of rotatable bonds is 4. The number of nitrogens with one attached hydrogen (secondary N) is 1. The standard InChI is InChI=1S/C20H23N5/c1-16-9-8-12-18(15-16)25-19(22-23-24-25)20(13-6-3-7-14-20)21-17-10-4-2-5-11-17/h2,4-5,8-12,15,21H,3,6-7,13-14H2,1H3. The molecule has 0 spiro atoms. The third-order valence-electron chi connectivity index (χ3n) is 5.01. The van der Waals surface area contributed by atoms with Crippen molar-refractivity contribution in [3.05, 3.63) is 66.0 Å². The van der Waals surface area contributed by atoms with Gasteiger partial charge in [-0.05, 0) is 60.0 Å². The van der Waals surface area contributed by atoms with Crippen molar-refractivity contribution in [2.45, 2.75) is 44.6 Å². The summed E-state index contributed by atoms with van der Waals surface area (Å²) in [5.74, 6) is 0.904. The van der Waals surface area contributed by atoms with Crippen molar-refractivity contribution in [1.29, 1.82) is 0 Å². The molecule has 0 radical (unpaired) electrons. The molecule has 1 heterocycles. The lowest BCUT2D eigenvalue weighted by Gasteiger charge is -2.37. The van der Waals surface area contributed by atoms with Crippen molar-refractivity contribution in [3.8, 4) is 5.69 Å². The first-order valence-electron chi connectivity index (χ1n) is 8.96. The van der Waals surface area contributed by atoms with Gasteiger partial charge in [0.05, 0.1) is 11.2 Å². The topological polar surface area (TPSA) is 55.6 Å². The molecule has 0 amide bonds. The lowest BCUT2D eigenvalue weighted by Crippen LogP contribution is -2.40. The molecule has 1 aliphatic carbocycles. The van der Waals surface area contributed by atoms with Crippen LogP contribution in [0.15, 0.2) is 54.6 Å². The van der Waals surface area contributed by atoms with Crippen molar-refractivity contribution in [3.63, 3.8) is 0 Å². The molecule has 0 aliphatic heterocycles. The number of benzene rings is 2. The van der Waals surface area contributed by atoms with E-state index < -0.39 is 0 Å². The number of aryl methyl sites for hydroxylation is 1. The third-order valence-corrected chi connectivity index (χ3v) is 5.01. The molecular weight excluding hydrogens is 310 g/mol. The molecule has 4 rings (SSSR count). The number of anilines is 1. The molecule has 128 valence electrons. The van der Waals surface area contributed by atoms with E-state index in [-0.39, 0.29) is 5.54 Å². The van der Waals surface area contributed by atoms with Gasteiger partial charge in [-0.3, -0.25) is 0 Å². The molecule has 25 heavy (non-hydrogen) atoms. The van der Waals surface area contributed by atoms with Crippen LogP contribution in [0, 0.1) is 6.92 Å². The van der Waals surface area contributed by atoms with Gasteiger partial charge in [-0.15, -0.1) is 5.10 Å². The molecule has 0 saturated heterocycles. The van der Waals surface area contributed by atoms with Crippen molar-refractivity contribution in [2.24, 2.45) is 0 Å². The summed E-state index contributed by atoms with van der Waals surface area (Å²) in [6, 6.07) is 18.7. The van der Waals surface area contributed by atoms with Gasteiger partial charge in [0.15, 0.2) is 5.82 Å². The Balaban J connectivity index is 1.77. The number of hydrogen-bond acceptors (Lipinski definition) is 4. The van der Waals surface area contributed by atoms with Crippen molar-refractivity contribution in [2.75, 3.05) is 5.32 Å². The molecule has 1 aliphatic rings. The summed E-state index contributed by atoms with van der Waals surface area (Å²) in [5.41, 5.74) is 3.10. The van der Waals surface area contributed by atoms with E-state index in [1.165, 1.54) is 24.8 Å². The van der Waals surface area contributed by atoms with Gasteiger partial charge in [0.2, 0.25) is 0 Å². The molecule has 2 aromatic carbocycles. The molecule has 0 unspecified atom stereocenters. The fourth-order valence-corrected chi connectivity index (χ4v) is 3.78. The Hall–Kier alpha value is -2.69. The van der Waals surface area contributed by atoms with Crippen LogP contribution in [0.3, 0.4) is 0 Å². The second-order valence-corrected chi connectivity index (χ2v) is 6.89. The van der Waals surface area contributed by atoms with Crippen LogP contribution >= 0.6 is 0 Å². The maximum Gasteiger partial charge on any atom is 0.181 e. The lowest BCUT2D eigenvalue weighted by molar-refractivity contribution is 0.309. The van der Waals surface area contributed by atoms with Gasteiger partial charge >= 0.3 is 0 Å². The fourth-order valence-electron chi connectivity index (χ4n) is 3.78. The highest BCUT2D eigenvalue weighted by Gasteiger charge is 2.39. The van der Waals surface area contributed by atoms with Gasteiger partial charge in [-0.1, -0.05) is 49.6 Å². The average molecular weight is 333 g/mol. The van der Waals surface area contributed by atoms with Crippen LogP contribution in [0.1, 0.15) is 43.5 Å². The first kappa shape index (κ1) is 15.8. The highest BCUT2D eigenvalue weighted by atomic mass is 15.6. The summed E-state index contributed by atoms with van der Waals surface area (Å²) in [6.07, 6.45) is 5.70. The normalized spacial score (nSPS) is 16.5. The van der Waals surface area contributed by atoms with Crippen molar-refractivity contribution >= 4 is 5.69 Å². The largest absolute Gasteiger partial charge is 0.373 e. The molecule has 5 nitrogen and oxygen atoms in total. The van der Waals surface area contributed by atoms with E-state index >= 15 is 0 Å². The molecule has 1 saturated carbocycles. The quantitative estimate of drug-likeness (QED) is 0.776. The van der Waals surface area contributed by atoms with Crippen LogP contribution in [0.2, 0.25) is 0 Å². The molecule has 5 heteroatoms. The first-order chi connectivity index (χ1) is 12.3. The van der Waals surface area contributed by atoms with E-state index in [9.17, 15) is 0 Å². The maximum absolute atomic E-state index is 4.45. The van der Waals surface area contributed by atoms with Crippen molar-refractivity contribution in [1.82, 2.24) is 20.2 Å². The van der Waals surface area contributed by atoms with Crippen LogP contribution in [-0.4, -0.2) is 20.2 Å². The Labute approximate surface area is 148 Å². The highest BCUT2D eigenvalue weighted by molar-refractivity contribution is 5.47. The zero-order valence-electron chi connectivity index (χ0n) is 14.5. The summed E-state index contributed by atoms with van der Waals surface area (Å²) >= 11 is 0. The molecule has 0 atom stereocenters. The molecule has 3 aromatic rings. The van der Waals surface area contributed by atoms with Crippen LogP contribution < -0.4 is 5.32 Å². The highest BCUT2D eigenvalue weighted by Crippen LogP contribution is 2.39. The Bertz CT molecular complexity index is 834. The minimum Gasteiger partial charge on any atom is -0.373 e. The van der Waals surface area contributed by atoms with Crippen LogP contribution in [0.5, 0.6) is 0 Å². The summed E-state index contributed by atoms with van der Waals surface area (Å²) in [4.78, 5) is 0. The molecular formula is C20H23N5. The fraction of sp³-hybridized carbons (Fsp3) is 0.350. The average Bonchev–Trinajstić information content (AvgIpc) is 3.14. The minimum absolute atomic E-state index is 0.229. The molecule has 1 fully saturated rings. The monoisotopic (exact) mass is 333 g/mol. The van der Waals surface area contributed by atoms with Gasteiger partial charge in [-0.2, -0.15) is 4.68 Å². The predicted molar refractivity (Wildman–Crippen MR) is 98.7 cm³/mol. The van der Waals surface area contributed by atoms with Crippen molar-refractivity contribution < 1.29 is 0 Å². The summed E-state index contributed by atoms with van der Waals surface area (Å²) in [7, 11) is 0. The number of para-hydroxylation sites is 1. The second-order valence-electron chi connectivity index (χ2n) is 6.89. The summed E-state index contributed by atoms with van der Waals surface area (Å²) in [6.45, 7) is 2.09. The number of tetrazole rings is 1. The number of hydrogen-bond donors (Lipinski definition) is 1. The van der Waals surface area contributed by atoms with Crippen LogP contribution in [-0.2, 0) is 5.54 Å². The van der Waals surface area contributed by atoms with Gasteiger partial charge in [0, 0.05) is 5.69 Å². The van der Waals surface area contributed by atoms with E-state index in [1.807, 2.05) is 16.8 Å². The molecule has 1 aromatic heterocycles. The maximum atomic E-state index is 4.45. The minimum atomic E-state index is -0.229. The van der Waals surface area contributed by atoms with E-state index in [4.69, 9.17) is 0 Å². The zero-order chi connectivity index (χ0) is 17.1. The van der Waals surface area contributed by atoms with Gasteiger partial charge < -0.3 is 5.32 Å². The predicted octanol–water partition coefficient (Wildman–Crippen LogP) is 4.24. The first-order valence-corrected chi connectivity index (χ1v) is 8.96.